The van der Waals surface area contributed by atoms with Crippen molar-refractivity contribution in [2.75, 3.05) is 7.11 Å². The van der Waals surface area contributed by atoms with Crippen LogP contribution in [-0.4, -0.2) is 24.2 Å². The van der Waals surface area contributed by atoms with Crippen molar-refractivity contribution >= 4 is 23.5 Å². The van der Waals surface area contributed by atoms with Gasteiger partial charge in [0.25, 0.3) is 0 Å². The molecule has 18 heavy (non-hydrogen) atoms. The highest BCUT2D eigenvalue weighted by Crippen LogP contribution is 2.18. The zero-order chi connectivity index (χ0) is 13.7. The second kappa shape index (κ2) is 6.37. The van der Waals surface area contributed by atoms with Gasteiger partial charge in [0.2, 0.25) is 6.29 Å². The molecule has 0 saturated heterocycles. The summed E-state index contributed by atoms with van der Waals surface area (Å²) >= 11 is 5.68. The number of hydrogen-bond donors (Lipinski definition) is 1. The molecule has 1 aromatic carbocycles. The van der Waals surface area contributed by atoms with Crippen molar-refractivity contribution in [1.82, 2.24) is 0 Å². The predicted molar refractivity (Wildman–Crippen MR) is 63.7 cm³/mol. The van der Waals surface area contributed by atoms with Crippen LogP contribution >= 0.6 is 11.6 Å². The smallest absolute Gasteiger partial charge is 0.322 e. The molecule has 0 radical (unpaired) electrons. The summed E-state index contributed by atoms with van der Waals surface area (Å²) in [5.74, 6) is -2.66. The minimum Gasteiger partial charge on any atom is -0.468 e. The Morgan fingerprint density at radius 2 is 1.78 bits per heavy atom. The Morgan fingerprint density at radius 3 is 2.28 bits per heavy atom. The normalized spacial score (nSPS) is 13.6. The molecular weight excluding hydrogens is 260 g/mol. The van der Waals surface area contributed by atoms with Crippen molar-refractivity contribution < 1.29 is 24.2 Å². The van der Waals surface area contributed by atoms with Gasteiger partial charge in [0, 0.05) is 10.6 Å². The minimum absolute atomic E-state index is 0.366. The van der Waals surface area contributed by atoms with E-state index in [1.807, 2.05) is 0 Å². The Balaban J connectivity index is 2.64. The topological polar surface area (TPSA) is 72.8 Å². The summed E-state index contributed by atoms with van der Waals surface area (Å²) in [4.78, 5) is 22.6. The maximum absolute atomic E-state index is 11.5. The summed E-state index contributed by atoms with van der Waals surface area (Å²) < 4.78 is 9.13. The fraction of sp³-hybridized carbons (Fsp3) is 0.333. The fourth-order valence-corrected chi connectivity index (χ4v) is 1.31. The van der Waals surface area contributed by atoms with Gasteiger partial charge in [-0.25, -0.2) is 0 Å². The molecule has 0 heterocycles. The highest BCUT2D eigenvalue weighted by molar-refractivity contribution is 6.30. The molecule has 6 heteroatoms. The Hall–Kier alpha value is -1.59. The average molecular weight is 273 g/mol. The molecule has 1 rings (SSSR count). The molecule has 0 aliphatic rings. The molecule has 0 aromatic heterocycles. The van der Waals surface area contributed by atoms with E-state index in [9.17, 15) is 14.7 Å². The molecular formula is C12H13ClO5. The van der Waals surface area contributed by atoms with Gasteiger partial charge in [-0.1, -0.05) is 23.7 Å². The minimum atomic E-state index is -1.44. The zero-order valence-corrected chi connectivity index (χ0v) is 10.7. The number of methoxy groups -OCH3 is 1. The maximum Gasteiger partial charge on any atom is 0.322 e. The van der Waals surface area contributed by atoms with Crippen LogP contribution in [0, 0.1) is 5.92 Å². The van der Waals surface area contributed by atoms with E-state index in [4.69, 9.17) is 16.3 Å². The number of benzene rings is 1. The van der Waals surface area contributed by atoms with E-state index in [2.05, 4.69) is 4.74 Å². The number of aliphatic hydroxyl groups is 1. The van der Waals surface area contributed by atoms with Gasteiger partial charge >= 0.3 is 11.9 Å². The Kier molecular flexibility index (Phi) is 5.12. The van der Waals surface area contributed by atoms with Crippen molar-refractivity contribution in [3.05, 3.63) is 34.9 Å². The predicted octanol–water partition coefficient (Wildman–Crippen LogP) is 1.68. The van der Waals surface area contributed by atoms with Crippen LogP contribution in [0.5, 0.6) is 0 Å². The standard InChI is InChI=1S/C12H13ClO5/c1-7(10(14)17-2)11(15)18-12(16)8-3-5-9(13)6-4-8/h3-7,12,16H,1-2H3. The lowest BCUT2D eigenvalue weighted by Gasteiger charge is -2.14. The first-order valence-electron chi connectivity index (χ1n) is 5.17. The third kappa shape index (κ3) is 3.72. The molecule has 0 amide bonds. The summed E-state index contributed by atoms with van der Waals surface area (Å²) in [7, 11) is 1.17. The summed E-state index contributed by atoms with van der Waals surface area (Å²) in [6.45, 7) is 1.34. The lowest BCUT2D eigenvalue weighted by atomic mass is 10.2. The molecule has 0 bridgehead atoms. The molecule has 5 nitrogen and oxygen atoms in total. The molecule has 0 aliphatic heterocycles. The molecule has 0 fully saturated rings. The number of esters is 2. The van der Waals surface area contributed by atoms with Crippen LogP contribution < -0.4 is 0 Å². The van der Waals surface area contributed by atoms with Gasteiger partial charge in [-0.15, -0.1) is 0 Å². The van der Waals surface area contributed by atoms with Crippen LogP contribution in [0.3, 0.4) is 0 Å². The van der Waals surface area contributed by atoms with Crippen LogP contribution in [0.4, 0.5) is 0 Å². The van der Waals surface area contributed by atoms with Gasteiger partial charge in [0.05, 0.1) is 7.11 Å². The highest BCUT2D eigenvalue weighted by atomic mass is 35.5. The number of carbonyl (C=O) groups excluding carboxylic acids is 2. The molecule has 98 valence electrons. The molecule has 1 N–H and O–H groups in total. The molecule has 2 unspecified atom stereocenters. The number of hydrogen-bond acceptors (Lipinski definition) is 5. The van der Waals surface area contributed by atoms with Crippen LogP contribution in [0.2, 0.25) is 5.02 Å². The zero-order valence-electron chi connectivity index (χ0n) is 9.92. The van der Waals surface area contributed by atoms with E-state index in [0.29, 0.717) is 10.6 Å². The van der Waals surface area contributed by atoms with E-state index >= 15 is 0 Å². The summed E-state index contributed by atoms with van der Waals surface area (Å²) in [6, 6.07) is 6.14. The van der Waals surface area contributed by atoms with Crippen LogP contribution in [0.1, 0.15) is 18.8 Å². The van der Waals surface area contributed by atoms with Gasteiger partial charge < -0.3 is 14.6 Å². The van der Waals surface area contributed by atoms with E-state index < -0.39 is 24.1 Å². The lowest BCUT2D eigenvalue weighted by molar-refractivity contribution is -0.178. The van der Waals surface area contributed by atoms with Crippen LogP contribution in [-0.2, 0) is 19.1 Å². The van der Waals surface area contributed by atoms with Crippen LogP contribution in [0.25, 0.3) is 0 Å². The lowest BCUT2D eigenvalue weighted by Crippen LogP contribution is -2.25. The Bertz CT molecular complexity index is 429. The monoisotopic (exact) mass is 272 g/mol. The largest absolute Gasteiger partial charge is 0.468 e. The Labute approximate surface area is 109 Å². The number of ether oxygens (including phenoxy) is 2. The van der Waals surface area contributed by atoms with E-state index in [1.165, 1.54) is 26.2 Å². The van der Waals surface area contributed by atoms with Crippen molar-refractivity contribution in [2.24, 2.45) is 5.92 Å². The summed E-state index contributed by atoms with van der Waals surface area (Å²) in [5.41, 5.74) is 0.366. The van der Waals surface area contributed by atoms with Crippen LogP contribution in [0.15, 0.2) is 24.3 Å². The second-order valence-corrected chi connectivity index (χ2v) is 4.02. The second-order valence-electron chi connectivity index (χ2n) is 3.59. The number of carbonyl (C=O) groups is 2. The van der Waals surface area contributed by atoms with Gasteiger partial charge in [0.15, 0.2) is 5.92 Å². The summed E-state index contributed by atoms with van der Waals surface area (Å²) in [6.07, 6.45) is -1.44. The first-order valence-corrected chi connectivity index (χ1v) is 5.55. The van der Waals surface area contributed by atoms with E-state index in [-0.39, 0.29) is 0 Å². The summed E-state index contributed by atoms with van der Waals surface area (Å²) in [5, 5.41) is 10.1. The molecule has 1 aromatic rings. The number of aliphatic hydroxyl groups excluding tert-OH is 1. The quantitative estimate of drug-likeness (QED) is 0.513. The van der Waals surface area contributed by atoms with Gasteiger partial charge in [-0.3, -0.25) is 9.59 Å². The van der Waals surface area contributed by atoms with Crippen molar-refractivity contribution in [3.8, 4) is 0 Å². The molecule has 0 saturated carbocycles. The van der Waals surface area contributed by atoms with Gasteiger partial charge in [-0.05, 0) is 19.1 Å². The highest BCUT2D eigenvalue weighted by Gasteiger charge is 2.26. The number of halogens is 1. The SMILES string of the molecule is COC(=O)C(C)C(=O)OC(O)c1ccc(Cl)cc1. The van der Waals surface area contributed by atoms with Gasteiger partial charge in [0.1, 0.15) is 0 Å². The fourth-order valence-electron chi connectivity index (χ4n) is 1.18. The first kappa shape index (κ1) is 14.5. The van der Waals surface area contributed by atoms with E-state index in [0.717, 1.165) is 0 Å². The van der Waals surface area contributed by atoms with E-state index in [1.54, 1.807) is 12.1 Å². The number of rotatable bonds is 4. The maximum atomic E-state index is 11.5. The van der Waals surface area contributed by atoms with Crippen molar-refractivity contribution in [2.45, 2.75) is 13.2 Å². The molecule has 0 spiro atoms. The molecule has 0 aliphatic carbocycles. The Morgan fingerprint density at radius 1 is 1.22 bits per heavy atom. The third-order valence-electron chi connectivity index (χ3n) is 2.29. The first-order chi connectivity index (χ1) is 8.45. The van der Waals surface area contributed by atoms with Gasteiger partial charge in [-0.2, -0.15) is 0 Å². The molecule has 2 atom stereocenters. The van der Waals surface area contributed by atoms with Crippen molar-refractivity contribution in [3.63, 3.8) is 0 Å². The average Bonchev–Trinajstić information content (AvgIpc) is 2.37. The third-order valence-corrected chi connectivity index (χ3v) is 2.54. The van der Waals surface area contributed by atoms with Crippen molar-refractivity contribution in [1.29, 1.82) is 0 Å².